The fraction of sp³-hybridized carbons (Fsp3) is 0.733. The smallest absolute Gasteiger partial charge is 0.250 e. The predicted molar refractivity (Wildman–Crippen MR) is 95.3 cm³/mol. The van der Waals surface area contributed by atoms with Gasteiger partial charge >= 0.3 is 0 Å². The van der Waals surface area contributed by atoms with Crippen molar-refractivity contribution in [3.8, 4) is 0 Å². The highest BCUT2D eigenvalue weighted by molar-refractivity contribution is 9.11. The molecule has 1 aromatic heterocycles. The molecule has 0 spiro atoms. The van der Waals surface area contributed by atoms with E-state index in [4.69, 9.17) is 4.74 Å². The summed E-state index contributed by atoms with van der Waals surface area (Å²) >= 11 is 4.56. The standard InChI is InChI=1S/C15H23BrN2O3S2/c16-14-1-2-15(22-14)23(19,20)17-11-12-3-7-18(8-4-12)13-5-9-21-10-6-13/h1-2,12-13,17H,3-11H2. The first-order valence-corrected chi connectivity index (χ1v) is 11.2. The summed E-state index contributed by atoms with van der Waals surface area (Å²) in [5.74, 6) is 0.435. The van der Waals surface area contributed by atoms with Gasteiger partial charge in [0.25, 0.3) is 0 Å². The Morgan fingerprint density at radius 3 is 2.52 bits per heavy atom. The molecule has 0 unspecified atom stereocenters. The van der Waals surface area contributed by atoms with Crippen LogP contribution in [0.5, 0.6) is 0 Å². The molecule has 1 aromatic rings. The van der Waals surface area contributed by atoms with Crippen LogP contribution in [0, 0.1) is 5.92 Å². The molecule has 0 radical (unpaired) electrons. The average molecular weight is 423 g/mol. The summed E-state index contributed by atoms with van der Waals surface area (Å²) in [5, 5.41) is 0. The largest absolute Gasteiger partial charge is 0.381 e. The highest BCUT2D eigenvalue weighted by Crippen LogP contribution is 2.27. The molecule has 2 aliphatic heterocycles. The lowest BCUT2D eigenvalue weighted by Gasteiger charge is -2.39. The lowest BCUT2D eigenvalue weighted by atomic mass is 9.94. The second kappa shape index (κ2) is 7.93. The molecule has 0 amide bonds. The van der Waals surface area contributed by atoms with E-state index in [1.165, 1.54) is 11.3 Å². The maximum absolute atomic E-state index is 12.3. The molecule has 5 nitrogen and oxygen atoms in total. The first-order chi connectivity index (χ1) is 11.0. The number of hydrogen-bond acceptors (Lipinski definition) is 5. The van der Waals surface area contributed by atoms with Gasteiger partial charge in [0.05, 0.1) is 3.79 Å². The Balaban J connectivity index is 1.45. The highest BCUT2D eigenvalue weighted by atomic mass is 79.9. The van der Waals surface area contributed by atoms with E-state index in [9.17, 15) is 8.42 Å². The van der Waals surface area contributed by atoms with Crippen molar-refractivity contribution in [2.75, 3.05) is 32.8 Å². The van der Waals surface area contributed by atoms with Crippen LogP contribution in [0.4, 0.5) is 0 Å². The van der Waals surface area contributed by atoms with E-state index in [1.54, 1.807) is 12.1 Å². The van der Waals surface area contributed by atoms with Crippen molar-refractivity contribution in [1.82, 2.24) is 9.62 Å². The van der Waals surface area contributed by atoms with Crippen LogP contribution in [0.2, 0.25) is 0 Å². The molecule has 0 aliphatic carbocycles. The molecule has 1 N–H and O–H groups in total. The number of hydrogen-bond donors (Lipinski definition) is 1. The van der Waals surface area contributed by atoms with Crippen LogP contribution in [0.15, 0.2) is 20.1 Å². The Morgan fingerprint density at radius 2 is 1.91 bits per heavy atom. The molecule has 2 saturated heterocycles. The fourth-order valence-corrected chi connectivity index (χ4v) is 6.48. The van der Waals surface area contributed by atoms with Crippen molar-refractivity contribution in [3.05, 3.63) is 15.9 Å². The van der Waals surface area contributed by atoms with Crippen LogP contribution in [0.25, 0.3) is 0 Å². The number of rotatable bonds is 5. The Kier molecular flexibility index (Phi) is 6.14. The van der Waals surface area contributed by atoms with Crippen molar-refractivity contribution in [3.63, 3.8) is 0 Å². The van der Waals surface area contributed by atoms with Crippen LogP contribution in [-0.4, -0.2) is 52.2 Å². The Hall–Kier alpha value is 0.01000. The summed E-state index contributed by atoms with van der Waals surface area (Å²) in [4.78, 5) is 2.56. The van der Waals surface area contributed by atoms with Gasteiger partial charge in [-0.2, -0.15) is 0 Å². The zero-order valence-corrected chi connectivity index (χ0v) is 16.3. The molecule has 3 rings (SSSR count). The molecule has 130 valence electrons. The fourth-order valence-electron chi connectivity index (χ4n) is 3.31. The molecule has 0 atom stereocenters. The average Bonchev–Trinajstić information content (AvgIpc) is 3.02. The lowest BCUT2D eigenvalue weighted by molar-refractivity contribution is 0.0214. The van der Waals surface area contributed by atoms with Gasteiger partial charge in [-0.15, -0.1) is 11.3 Å². The van der Waals surface area contributed by atoms with Gasteiger partial charge in [-0.1, -0.05) is 0 Å². The number of halogens is 1. The van der Waals surface area contributed by atoms with Crippen LogP contribution >= 0.6 is 27.3 Å². The number of nitrogens with zero attached hydrogens (tertiary/aromatic N) is 1. The van der Waals surface area contributed by atoms with Gasteiger partial charge in [0.1, 0.15) is 4.21 Å². The third-order valence-electron chi connectivity index (χ3n) is 4.73. The second-order valence-corrected chi connectivity index (χ2v) is 10.7. The minimum absolute atomic E-state index is 0.379. The van der Waals surface area contributed by atoms with Crippen LogP contribution in [0.3, 0.4) is 0 Å². The van der Waals surface area contributed by atoms with Gasteiger partial charge in [0, 0.05) is 25.8 Å². The monoisotopic (exact) mass is 422 g/mol. The predicted octanol–water partition coefficient (Wildman–Crippen LogP) is 2.68. The zero-order valence-electron chi connectivity index (χ0n) is 13.0. The summed E-state index contributed by atoms with van der Waals surface area (Å²) in [6.07, 6.45) is 4.39. The van der Waals surface area contributed by atoms with Crippen molar-refractivity contribution in [2.45, 2.75) is 35.9 Å². The van der Waals surface area contributed by atoms with Crippen molar-refractivity contribution in [1.29, 1.82) is 0 Å². The van der Waals surface area contributed by atoms with E-state index in [-0.39, 0.29) is 0 Å². The van der Waals surface area contributed by atoms with Gasteiger partial charge in [-0.25, -0.2) is 13.1 Å². The summed E-state index contributed by atoms with van der Waals surface area (Å²) in [6.45, 7) is 4.43. The highest BCUT2D eigenvalue weighted by Gasteiger charge is 2.27. The first kappa shape index (κ1) is 17.8. The zero-order chi connectivity index (χ0) is 16.3. The van der Waals surface area contributed by atoms with E-state index in [0.717, 1.165) is 55.8 Å². The lowest BCUT2D eigenvalue weighted by Crippen LogP contribution is -2.45. The van der Waals surface area contributed by atoms with Gasteiger partial charge < -0.3 is 9.64 Å². The molecule has 0 aromatic carbocycles. The molecule has 23 heavy (non-hydrogen) atoms. The number of likely N-dealkylation sites (tertiary alicyclic amines) is 1. The van der Waals surface area contributed by atoms with Gasteiger partial charge in [0.2, 0.25) is 10.0 Å². The van der Waals surface area contributed by atoms with Crippen molar-refractivity contribution in [2.24, 2.45) is 5.92 Å². The number of thiophene rings is 1. The third kappa shape index (κ3) is 4.76. The molecule has 0 saturated carbocycles. The summed E-state index contributed by atoms with van der Waals surface area (Å²) in [6, 6.07) is 4.07. The van der Waals surface area contributed by atoms with Crippen molar-refractivity contribution < 1.29 is 13.2 Å². The molecule has 2 fully saturated rings. The number of ether oxygens (including phenoxy) is 1. The molecule has 2 aliphatic rings. The topological polar surface area (TPSA) is 58.6 Å². The van der Waals surface area contributed by atoms with E-state index in [2.05, 4.69) is 25.6 Å². The molecule has 3 heterocycles. The minimum Gasteiger partial charge on any atom is -0.381 e. The Morgan fingerprint density at radius 1 is 1.22 bits per heavy atom. The molecular formula is C15H23BrN2O3S2. The van der Waals surface area contributed by atoms with Crippen LogP contribution < -0.4 is 4.72 Å². The quantitative estimate of drug-likeness (QED) is 0.791. The first-order valence-electron chi connectivity index (χ1n) is 8.11. The number of sulfonamides is 1. The van der Waals surface area contributed by atoms with E-state index >= 15 is 0 Å². The van der Waals surface area contributed by atoms with Gasteiger partial charge in [0.15, 0.2) is 0 Å². The van der Waals surface area contributed by atoms with Gasteiger partial charge in [-0.05, 0) is 72.8 Å². The second-order valence-electron chi connectivity index (χ2n) is 6.23. The number of piperidine rings is 1. The summed E-state index contributed by atoms with van der Waals surface area (Å²) < 4.78 is 33.9. The Bertz CT molecular complexity index is 606. The van der Waals surface area contributed by atoms with E-state index in [0.29, 0.717) is 22.7 Å². The van der Waals surface area contributed by atoms with Crippen molar-refractivity contribution >= 4 is 37.3 Å². The van der Waals surface area contributed by atoms with Gasteiger partial charge in [-0.3, -0.25) is 0 Å². The minimum atomic E-state index is -3.36. The van der Waals surface area contributed by atoms with E-state index < -0.39 is 10.0 Å². The normalized spacial score (nSPS) is 22.5. The molecule has 0 bridgehead atoms. The Labute approximate surface area is 150 Å². The summed E-state index contributed by atoms with van der Waals surface area (Å²) in [5.41, 5.74) is 0. The maximum atomic E-state index is 12.3. The molecule has 8 heteroatoms. The van der Waals surface area contributed by atoms with Crippen LogP contribution in [0.1, 0.15) is 25.7 Å². The SMILES string of the molecule is O=S(=O)(NCC1CCN(C2CCOCC2)CC1)c1ccc(Br)s1. The summed E-state index contributed by atoms with van der Waals surface area (Å²) in [7, 11) is -3.36. The third-order valence-corrected chi connectivity index (χ3v) is 8.27. The van der Waals surface area contributed by atoms with Crippen LogP contribution in [-0.2, 0) is 14.8 Å². The number of nitrogens with one attached hydrogen (secondary N) is 1. The molecular weight excluding hydrogens is 400 g/mol. The van der Waals surface area contributed by atoms with E-state index in [1.807, 2.05) is 0 Å². The maximum Gasteiger partial charge on any atom is 0.250 e.